The van der Waals surface area contributed by atoms with Gasteiger partial charge in [0, 0.05) is 22.5 Å². The van der Waals surface area contributed by atoms with Crippen LogP contribution in [0.3, 0.4) is 0 Å². The average Bonchev–Trinajstić information content (AvgIpc) is 3.35. The molecular formula is C43H29N3. The van der Waals surface area contributed by atoms with Gasteiger partial charge in [0.25, 0.3) is 0 Å². The minimum Gasteiger partial charge on any atom is -0.311 e. The quantitative estimate of drug-likeness (QED) is 0.193. The van der Waals surface area contributed by atoms with Crippen molar-refractivity contribution in [3.63, 3.8) is 0 Å². The molecule has 0 saturated carbocycles. The van der Waals surface area contributed by atoms with Gasteiger partial charge < -0.3 is 4.90 Å². The van der Waals surface area contributed by atoms with Crippen molar-refractivity contribution in [3.8, 4) is 34.4 Å². The Balaban J connectivity index is 1.19. The van der Waals surface area contributed by atoms with Crippen molar-refractivity contribution < 1.29 is 0 Å². The maximum Gasteiger partial charge on any atom is 0.0991 e. The van der Waals surface area contributed by atoms with E-state index in [-0.39, 0.29) is 5.41 Å². The predicted molar refractivity (Wildman–Crippen MR) is 189 cm³/mol. The normalized spacial score (nSPS) is 12.7. The summed E-state index contributed by atoms with van der Waals surface area (Å²) in [5.41, 5.74) is 11.7. The van der Waals surface area contributed by atoms with Gasteiger partial charge in [-0.05, 0) is 122 Å². The smallest absolute Gasteiger partial charge is 0.0991 e. The summed E-state index contributed by atoms with van der Waals surface area (Å²) < 4.78 is 0. The summed E-state index contributed by atoms with van der Waals surface area (Å²) in [6.07, 6.45) is 0. The van der Waals surface area contributed by atoms with Crippen LogP contribution in [0.25, 0.3) is 43.8 Å². The van der Waals surface area contributed by atoms with Gasteiger partial charge in [0.1, 0.15) is 0 Å². The summed E-state index contributed by atoms with van der Waals surface area (Å²) in [5.74, 6) is 0. The molecule has 7 aromatic rings. The van der Waals surface area contributed by atoms with Gasteiger partial charge in [0.15, 0.2) is 0 Å². The highest BCUT2D eigenvalue weighted by Gasteiger charge is 2.36. The molecule has 0 amide bonds. The molecule has 46 heavy (non-hydrogen) atoms. The van der Waals surface area contributed by atoms with Gasteiger partial charge in [-0.25, -0.2) is 0 Å². The maximum absolute atomic E-state index is 9.33. The fraction of sp³-hybridized carbons (Fsp3) is 0.0698. The molecule has 1 aliphatic rings. The Morgan fingerprint density at radius 3 is 1.70 bits per heavy atom. The zero-order valence-corrected chi connectivity index (χ0v) is 25.6. The van der Waals surface area contributed by atoms with E-state index in [4.69, 9.17) is 0 Å². The van der Waals surface area contributed by atoms with Crippen LogP contribution in [0.1, 0.15) is 36.1 Å². The molecule has 1 aliphatic carbocycles. The first kappa shape index (κ1) is 27.4. The molecule has 3 nitrogen and oxygen atoms in total. The zero-order valence-electron chi connectivity index (χ0n) is 25.6. The van der Waals surface area contributed by atoms with Crippen molar-refractivity contribution >= 4 is 38.6 Å². The first-order valence-electron chi connectivity index (χ1n) is 15.5. The molecule has 0 heterocycles. The van der Waals surface area contributed by atoms with Gasteiger partial charge in [0.2, 0.25) is 0 Å². The predicted octanol–water partition coefficient (Wildman–Crippen LogP) is 11.2. The first-order chi connectivity index (χ1) is 22.5. The molecule has 7 aromatic carbocycles. The molecule has 0 spiro atoms. The van der Waals surface area contributed by atoms with Crippen LogP contribution >= 0.6 is 0 Å². The van der Waals surface area contributed by atoms with E-state index in [9.17, 15) is 10.5 Å². The van der Waals surface area contributed by atoms with E-state index in [1.165, 1.54) is 49.4 Å². The van der Waals surface area contributed by atoms with Crippen LogP contribution < -0.4 is 4.90 Å². The summed E-state index contributed by atoms with van der Waals surface area (Å²) in [5, 5.41) is 23.8. The van der Waals surface area contributed by atoms with Crippen LogP contribution in [0.2, 0.25) is 0 Å². The lowest BCUT2D eigenvalue weighted by Crippen LogP contribution is -2.15. The fourth-order valence-corrected chi connectivity index (χ4v) is 7.12. The van der Waals surface area contributed by atoms with E-state index in [1.807, 2.05) is 48.5 Å². The third-order valence-electron chi connectivity index (χ3n) is 9.53. The van der Waals surface area contributed by atoms with Crippen LogP contribution in [0.4, 0.5) is 17.1 Å². The summed E-state index contributed by atoms with van der Waals surface area (Å²) in [6, 6.07) is 52.9. The van der Waals surface area contributed by atoms with Crippen LogP contribution in [0.5, 0.6) is 0 Å². The van der Waals surface area contributed by atoms with Crippen molar-refractivity contribution in [2.75, 3.05) is 4.90 Å². The third kappa shape index (κ3) is 4.26. The summed E-state index contributed by atoms with van der Waals surface area (Å²) in [4.78, 5) is 2.14. The Kier molecular flexibility index (Phi) is 6.24. The number of hydrogen-bond donors (Lipinski definition) is 0. The lowest BCUT2D eigenvalue weighted by molar-refractivity contribution is 0.661. The van der Waals surface area contributed by atoms with Gasteiger partial charge in [-0.15, -0.1) is 0 Å². The minimum absolute atomic E-state index is 0.123. The standard InChI is InChI=1S/C43H29N3/c1-43(2)40-24-23-37-36-6-4-3-5-31(36)13-21-38(37)42(40)39-22-14-32(25-41(39)43)30-11-19-35(20-12-30)46(33-15-7-28(26-44)8-16-33)34-17-9-29(27-45)10-18-34/h3-25H,1-2H3. The highest BCUT2D eigenvalue weighted by Crippen LogP contribution is 2.52. The first-order valence-corrected chi connectivity index (χ1v) is 15.5. The van der Waals surface area contributed by atoms with E-state index in [0.717, 1.165) is 22.6 Å². The molecule has 0 radical (unpaired) electrons. The van der Waals surface area contributed by atoms with Crippen LogP contribution in [0.15, 0.2) is 140 Å². The lowest BCUT2D eigenvalue weighted by atomic mass is 9.81. The van der Waals surface area contributed by atoms with Crippen molar-refractivity contribution in [3.05, 3.63) is 162 Å². The molecule has 0 atom stereocenters. The fourth-order valence-electron chi connectivity index (χ4n) is 7.12. The van der Waals surface area contributed by atoms with Crippen LogP contribution in [0, 0.1) is 22.7 Å². The number of nitriles is 2. The Morgan fingerprint density at radius 2 is 1.07 bits per heavy atom. The molecule has 0 N–H and O–H groups in total. The number of benzene rings is 7. The van der Waals surface area contributed by atoms with Gasteiger partial charge in [-0.2, -0.15) is 10.5 Å². The van der Waals surface area contributed by atoms with E-state index in [1.54, 1.807) is 0 Å². The second-order valence-electron chi connectivity index (χ2n) is 12.5. The Hall–Kier alpha value is -6.16. The summed E-state index contributed by atoms with van der Waals surface area (Å²) >= 11 is 0. The van der Waals surface area contributed by atoms with Gasteiger partial charge in [-0.1, -0.05) is 86.6 Å². The number of nitrogens with zero attached hydrogens (tertiary/aromatic N) is 3. The highest BCUT2D eigenvalue weighted by atomic mass is 15.1. The molecule has 0 bridgehead atoms. The highest BCUT2D eigenvalue weighted by molar-refractivity contribution is 6.14. The summed E-state index contributed by atoms with van der Waals surface area (Å²) in [6.45, 7) is 4.68. The molecular weight excluding hydrogens is 558 g/mol. The molecule has 0 saturated heterocycles. The number of fused-ring (bicyclic) bond motifs is 7. The van der Waals surface area contributed by atoms with Gasteiger partial charge >= 0.3 is 0 Å². The Morgan fingerprint density at radius 1 is 0.500 bits per heavy atom. The maximum atomic E-state index is 9.33. The number of hydrogen-bond acceptors (Lipinski definition) is 3. The monoisotopic (exact) mass is 587 g/mol. The van der Waals surface area contributed by atoms with Gasteiger partial charge in [-0.3, -0.25) is 0 Å². The van der Waals surface area contributed by atoms with Crippen LogP contribution in [-0.2, 0) is 5.41 Å². The van der Waals surface area contributed by atoms with E-state index in [0.29, 0.717) is 11.1 Å². The van der Waals surface area contributed by atoms with Crippen LogP contribution in [-0.4, -0.2) is 0 Å². The minimum atomic E-state index is -0.123. The number of rotatable bonds is 4. The Labute approximate surface area is 268 Å². The lowest BCUT2D eigenvalue weighted by Gasteiger charge is -2.26. The van der Waals surface area contributed by atoms with E-state index in [2.05, 4.69) is 122 Å². The molecule has 0 aromatic heterocycles. The second-order valence-corrected chi connectivity index (χ2v) is 12.5. The third-order valence-corrected chi connectivity index (χ3v) is 9.53. The number of anilines is 3. The second kappa shape index (κ2) is 10.5. The van der Waals surface area contributed by atoms with Crippen molar-refractivity contribution in [2.45, 2.75) is 19.3 Å². The SMILES string of the molecule is CC1(C)c2cc(-c3ccc(N(c4ccc(C#N)cc4)c4ccc(C#N)cc4)cc3)ccc2-c2c1ccc1c2ccc2ccccc21. The summed E-state index contributed by atoms with van der Waals surface area (Å²) in [7, 11) is 0. The van der Waals surface area contributed by atoms with E-state index >= 15 is 0 Å². The average molecular weight is 588 g/mol. The molecule has 8 rings (SSSR count). The topological polar surface area (TPSA) is 50.8 Å². The molecule has 216 valence electrons. The molecule has 0 unspecified atom stereocenters. The van der Waals surface area contributed by atoms with Crippen molar-refractivity contribution in [1.29, 1.82) is 10.5 Å². The zero-order chi connectivity index (χ0) is 31.4. The molecule has 0 aliphatic heterocycles. The van der Waals surface area contributed by atoms with Gasteiger partial charge in [0.05, 0.1) is 23.3 Å². The van der Waals surface area contributed by atoms with Crippen molar-refractivity contribution in [2.24, 2.45) is 0 Å². The molecule has 3 heteroatoms. The van der Waals surface area contributed by atoms with Crippen molar-refractivity contribution in [1.82, 2.24) is 0 Å². The van der Waals surface area contributed by atoms with E-state index < -0.39 is 0 Å². The molecule has 0 fully saturated rings. The Bertz CT molecular complexity index is 2330. The largest absolute Gasteiger partial charge is 0.311 e.